The average molecular weight is 693 g/mol. The van der Waals surface area contributed by atoms with E-state index in [4.69, 9.17) is 37.6 Å². The summed E-state index contributed by atoms with van der Waals surface area (Å²) in [5, 5.41) is 0. The van der Waals surface area contributed by atoms with Gasteiger partial charge in [-0.2, -0.15) is 0 Å². The molecule has 2 aromatic carbocycles. The van der Waals surface area contributed by atoms with Crippen LogP contribution in [-0.2, 0) is 18.6 Å². The van der Waals surface area contributed by atoms with E-state index in [0.717, 1.165) is 83.6 Å². The summed E-state index contributed by atoms with van der Waals surface area (Å²) in [6.07, 6.45) is 9.70. The molecule has 2 heterocycles. The predicted molar refractivity (Wildman–Crippen MR) is 205 cm³/mol. The van der Waals surface area contributed by atoms with Gasteiger partial charge in [-0.1, -0.05) is 67.5 Å². The van der Waals surface area contributed by atoms with Crippen LogP contribution < -0.4 is 29.9 Å². The van der Waals surface area contributed by atoms with Crippen molar-refractivity contribution in [3.8, 4) is 23.0 Å². The Morgan fingerprint density at radius 3 is 1.08 bits per heavy atom. The van der Waals surface area contributed by atoms with Gasteiger partial charge in [-0.25, -0.2) is 0 Å². The van der Waals surface area contributed by atoms with Crippen LogP contribution in [0.4, 0.5) is 0 Å². The fourth-order valence-electron chi connectivity index (χ4n) is 5.44. The van der Waals surface area contributed by atoms with E-state index in [0.29, 0.717) is 76.5 Å². The molecule has 2 aliphatic rings. The molecule has 0 saturated carbocycles. The van der Waals surface area contributed by atoms with Gasteiger partial charge >= 0.3 is 14.2 Å². The molecular formula is C40H62B2O8. The quantitative estimate of drug-likeness (QED) is 0.103. The highest BCUT2D eigenvalue weighted by atomic mass is 16.6. The number of ether oxygens (including phenoxy) is 4. The van der Waals surface area contributed by atoms with Crippen molar-refractivity contribution in [1.29, 1.82) is 0 Å². The molecule has 0 N–H and O–H groups in total. The minimum Gasteiger partial charge on any atom is -0.494 e. The number of benzene rings is 2. The van der Waals surface area contributed by atoms with Crippen LogP contribution in [0.15, 0.2) is 24.3 Å². The number of rotatable bonds is 20. The number of hydrogen-bond acceptors (Lipinski definition) is 8. The molecule has 4 rings (SSSR count). The lowest BCUT2D eigenvalue weighted by Gasteiger charge is -2.24. The smallest absolute Gasteiger partial charge is 0.494 e. The lowest BCUT2D eigenvalue weighted by molar-refractivity contribution is 0.142. The summed E-state index contributed by atoms with van der Waals surface area (Å²) in [4.78, 5) is 0. The van der Waals surface area contributed by atoms with E-state index in [2.05, 4.69) is 79.7 Å². The van der Waals surface area contributed by atoms with E-state index in [1.54, 1.807) is 0 Å². The Morgan fingerprint density at radius 1 is 0.480 bits per heavy atom. The summed E-state index contributed by atoms with van der Waals surface area (Å²) in [6.45, 7) is 22.7. The molecule has 8 nitrogen and oxygen atoms in total. The molecule has 0 amide bonds. The Morgan fingerprint density at radius 2 is 0.780 bits per heavy atom. The minimum absolute atomic E-state index is 0.494. The standard InChI is InChI=1S/C40H62B2O8/c1-29(2)13-21-43-37-27-35(41-47-17-9-18-48-41)39(45-23-15-31(5)6)25-33(37)11-12-34-26-40(46-24-16-32(7)8)36(42-49-19-10-20-50-42)28-38(34)44-22-14-30(3)4/h11-12,25-32H,9-10,13-24H2,1-8H3/b12-11+. The summed E-state index contributed by atoms with van der Waals surface area (Å²) < 4.78 is 50.1. The molecule has 2 aromatic rings. The molecule has 0 unspecified atom stereocenters. The van der Waals surface area contributed by atoms with Gasteiger partial charge in [-0.15, -0.1) is 0 Å². The summed E-state index contributed by atoms with van der Waals surface area (Å²) in [5.74, 6) is 5.13. The van der Waals surface area contributed by atoms with Gasteiger partial charge in [0.2, 0.25) is 0 Å². The van der Waals surface area contributed by atoms with E-state index in [1.165, 1.54) is 0 Å². The van der Waals surface area contributed by atoms with Gasteiger partial charge in [0, 0.05) is 48.5 Å². The maximum absolute atomic E-state index is 6.48. The zero-order valence-electron chi connectivity index (χ0n) is 32.1. The van der Waals surface area contributed by atoms with Gasteiger partial charge in [-0.05, 0) is 86.5 Å². The molecule has 2 saturated heterocycles. The first-order valence-electron chi connectivity index (χ1n) is 19.1. The second-order valence-electron chi connectivity index (χ2n) is 15.2. The maximum Gasteiger partial charge on any atom is 0.497 e. The second-order valence-corrected chi connectivity index (χ2v) is 15.2. The summed E-state index contributed by atoms with van der Waals surface area (Å²) in [7, 11) is -0.988. The van der Waals surface area contributed by atoms with Crippen molar-refractivity contribution < 1.29 is 37.6 Å². The van der Waals surface area contributed by atoms with E-state index in [9.17, 15) is 0 Å². The highest BCUT2D eigenvalue weighted by Crippen LogP contribution is 2.31. The molecule has 2 aliphatic heterocycles. The van der Waals surface area contributed by atoms with Crippen LogP contribution in [-0.4, -0.2) is 67.1 Å². The van der Waals surface area contributed by atoms with Crippen LogP contribution in [0.5, 0.6) is 23.0 Å². The molecule has 0 aromatic heterocycles. The highest BCUT2D eigenvalue weighted by molar-refractivity contribution is 6.63. The topological polar surface area (TPSA) is 73.8 Å². The molecule has 0 bridgehead atoms. The fourth-order valence-corrected chi connectivity index (χ4v) is 5.44. The minimum atomic E-state index is -0.494. The molecule has 0 spiro atoms. The van der Waals surface area contributed by atoms with Crippen molar-refractivity contribution >= 4 is 37.3 Å². The largest absolute Gasteiger partial charge is 0.497 e. The van der Waals surface area contributed by atoms with Crippen molar-refractivity contribution in [3.05, 3.63) is 35.4 Å². The van der Waals surface area contributed by atoms with Crippen molar-refractivity contribution in [1.82, 2.24) is 0 Å². The molecule has 0 radical (unpaired) electrons. The summed E-state index contributed by atoms with van der Waals surface area (Å²) in [5.41, 5.74) is 3.54. The first-order chi connectivity index (χ1) is 24.1. The third-order valence-corrected chi connectivity index (χ3v) is 8.70. The third kappa shape index (κ3) is 13.2. The van der Waals surface area contributed by atoms with Gasteiger partial charge in [0.05, 0.1) is 26.4 Å². The van der Waals surface area contributed by atoms with Gasteiger partial charge in [0.25, 0.3) is 0 Å². The van der Waals surface area contributed by atoms with Crippen LogP contribution in [0.3, 0.4) is 0 Å². The maximum atomic E-state index is 6.48. The van der Waals surface area contributed by atoms with Crippen molar-refractivity contribution in [2.75, 3.05) is 52.9 Å². The summed E-state index contributed by atoms with van der Waals surface area (Å²) >= 11 is 0. The van der Waals surface area contributed by atoms with E-state index in [-0.39, 0.29) is 0 Å². The lowest BCUT2D eigenvalue weighted by Crippen LogP contribution is -2.42. The zero-order valence-corrected chi connectivity index (χ0v) is 32.1. The van der Waals surface area contributed by atoms with Crippen LogP contribution in [0.1, 0.15) is 105 Å². The molecule has 0 aliphatic carbocycles. The van der Waals surface area contributed by atoms with Crippen LogP contribution in [0, 0.1) is 23.7 Å². The Hall–Kier alpha value is -2.65. The van der Waals surface area contributed by atoms with E-state index < -0.39 is 14.2 Å². The molecule has 2 fully saturated rings. The Balaban J connectivity index is 1.77. The van der Waals surface area contributed by atoms with Crippen LogP contribution >= 0.6 is 0 Å². The lowest BCUT2D eigenvalue weighted by atomic mass is 9.76. The SMILES string of the molecule is CC(C)CCOc1cc(B2OCCCO2)c(OCCC(C)C)cc1/C=C/c1cc(OCCC(C)C)c(B2OCCCO2)cc1OCCC(C)C. The van der Waals surface area contributed by atoms with E-state index in [1.807, 2.05) is 12.1 Å². The Bertz CT molecular complexity index is 1220. The molecule has 10 heteroatoms. The van der Waals surface area contributed by atoms with Gasteiger partial charge in [0.1, 0.15) is 23.0 Å². The van der Waals surface area contributed by atoms with Gasteiger partial charge in [0.15, 0.2) is 0 Å². The first kappa shape index (κ1) is 40.1. The summed E-state index contributed by atoms with van der Waals surface area (Å²) in [6, 6.07) is 8.22. The predicted octanol–water partition coefficient (Wildman–Crippen LogP) is 7.82. The Kier molecular flexibility index (Phi) is 16.9. The molecule has 276 valence electrons. The van der Waals surface area contributed by atoms with Gasteiger partial charge < -0.3 is 37.6 Å². The van der Waals surface area contributed by atoms with Crippen molar-refractivity contribution in [3.63, 3.8) is 0 Å². The van der Waals surface area contributed by atoms with E-state index >= 15 is 0 Å². The zero-order chi connectivity index (χ0) is 35.9. The van der Waals surface area contributed by atoms with Crippen molar-refractivity contribution in [2.24, 2.45) is 23.7 Å². The number of hydrogen-bond donors (Lipinski definition) is 0. The van der Waals surface area contributed by atoms with Crippen molar-refractivity contribution in [2.45, 2.75) is 93.9 Å². The second kappa shape index (κ2) is 21.0. The fraction of sp³-hybridized carbons (Fsp3) is 0.650. The van der Waals surface area contributed by atoms with Gasteiger partial charge in [-0.3, -0.25) is 0 Å². The molecular weight excluding hydrogens is 630 g/mol. The molecule has 0 atom stereocenters. The van der Waals surface area contributed by atoms with Crippen LogP contribution in [0.2, 0.25) is 0 Å². The third-order valence-electron chi connectivity index (χ3n) is 8.70. The van der Waals surface area contributed by atoms with Crippen LogP contribution in [0.25, 0.3) is 12.2 Å². The highest BCUT2D eigenvalue weighted by Gasteiger charge is 2.31. The molecule has 50 heavy (non-hydrogen) atoms. The monoisotopic (exact) mass is 692 g/mol. The normalized spacial score (nSPS) is 15.6. The first-order valence-corrected chi connectivity index (χ1v) is 19.1. The Labute approximate surface area is 303 Å². The average Bonchev–Trinajstić information content (AvgIpc) is 3.08.